The van der Waals surface area contributed by atoms with Gasteiger partial charge in [0.2, 0.25) is 0 Å². The molecular weight excluding hydrogens is 506 g/mol. The van der Waals surface area contributed by atoms with Gasteiger partial charge in [0.05, 0.1) is 12.2 Å². The Labute approximate surface area is 235 Å². The number of ether oxygens (including phenoxy) is 4. The van der Waals surface area contributed by atoms with Crippen LogP contribution in [0.1, 0.15) is 55.0 Å². The third kappa shape index (κ3) is 6.32. The number of aryl methyl sites for hydroxylation is 2. The molecule has 7 heteroatoms. The first-order chi connectivity index (χ1) is 19.2. The van der Waals surface area contributed by atoms with Crippen molar-refractivity contribution in [2.45, 2.75) is 58.7 Å². The maximum Gasteiger partial charge on any atom is 0.256 e. The van der Waals surface area contributed by atoms with Crippen molar-refractivity contribution in [3.63, 3.8) is 0 Å². The molecule has 1 unspecified atom stereocenters. The second-order valence-electron chi connectivity index (χ2n) is 11.0. The normalized spacial score (nSPS) is 14.7. The van der Waals surface area contributed by atoms with Gasteiger partial charge < -0.3 is 28.6 Å². The standard InChI is InChI=1S/C33H37NO6/c1-21-17-25(37-16-15-33(3,4)35)18-22(2)32(21)28-8-6-7-27-26(28)13-14-29(27)39-24-11-9-23(10-12-24)30-19-31(34-40-30)38-20-36-5/h6-12,17-19,29,35H,13-16,20H2,1-5H3. The van der Waals surface area contributed by atoms with Crippen LogP contribution in [0.5, 0.6) is 17.4 Å². The molecule has 0 spiro atoms. The van der Waals surface area contributed by atoms with E-state index in [0.717, 1.165) is 29.9 Å². The Morgan fingerprint density at radius 2 is 1.73 bits per heavy atom. The molecule has 0 saturated carbocycles. The Bertz CT molecular complexity index is 1430. The fourth-order valence-corrected chi connectivity index (χ4v) is 5.27. The van der Waals surface area contributed by atoms with E-state index in [-0.39, 0.29) is 12.9 Å². The van der Waals surface area contributed by atoms with Crippen molar-refractivity contribution in [2.24, 2.45) is 0 Å². The van der Waals surface area contributed by atoms with E-state index in [2.05, 4.69) is 49.3 Å². The SMILES string of the molecule is COCOc1cc(-c2ccc(OC3CCc4c(-c5c(C)cc(OCCC(C)(C)O)cc5C)cccc43)cc2)on1. The molecule has 0 radical (unpaired) electrons. The molecule has 0 saturated heterocycles. The van der Waals surface area contributed by atoms with Crippen LogP contribution in [-0.2, 0) is 11.2 Å². The van der Waals surface area contributed by atoms with Gasteiger partial charge in [0.25, 0.3) is 5.88 Å². The topological polar surface area (TPSA) is 83.2 Å². The minimum absolute atomic E-state index is 0.00909. The summed E-state index contributed by atoms with van der Waals surface area (Å²) in [6.45, 7) is 8.46. The van der Waals surface area contributed by atoms with Crippen LogP contribution >= 0.6 is 0 Å². The van der Waals surface area contributed by atoms with Gasteiger partial charge >= 0.3 is 0 Å². The summed E-state index contributed by atoms with van der Waals surface area (Å²) in [4.78, 5) is 0. The molecule has 0 amide bonds. The number of hydrogen-bond acceptors (Lipinski definition) is 7. The number of aromatic nitrogens is 1. The van der Waals surface area contributed by atoms with E-state index in [1.807, 2.05) is 24.3 Å². The molecule has 1 aliphatic carbocycles. The Kier molecular flexibility index (Phi) is 8.14. The highest BCUT2D eigenvalue weighted by molar-refractivity contribution is 5.76. The highest BCUT2D eigenvalue weighted by Gasteiger charge is 2.27. The molecule has 4 aromatic rings. The summed E-state index contributed by atoms with van der Waals surface area (Å²) in [5.74, 6) is 2.65. The predicted molar refractivity (Wildman–Crippen MR) is 154 cm³/mol. The van der Waals surface area contributed by atoms with E-state index in [0.29, 0.717) is 24.7 Å². The number of rotatable bonds is 11. The molecule has 1 heterocycles. The molecule has 1 aliphatic rings. The van der Waals surface area contributed by atoms with Crippen LogP contribution in [0, 0.1) is 13.8 Å². The van der Waals surface area contributed by atoms with E-state index < -0.39 is 5.60 Å². The smallest absolute Gasteiger partial charge is 0.256 e. The number of benzene rings is 3. The highest BCUT2D eigenvalue weighted by Crippen LogP contribution is 2.42. The Balaban J connectivity index is 1.30. The minimum Gasteiger partial charge on any atom is -0.493 e. The maximum atomic E-state index is 9.98. The van der Waals surface area contributed by atoms with Crippen molar-refractivity contribution in [3.05, 3.63) is 82.9 Å². The third-order valence-corrected chi connectivity index (χ3v) is 7.20. The molecular formula is C33H37NO6. The van der Waals surface area contributed by atoms with Crippen molar-refractivity contribution in [2.75, 3.05) is 20.5 Å². The van der Waals surface area contributed by atoms with Crippen LogP contribution < -0.4 is 14.2 Å². The Morgan fingerprint density at radius 3 is 2.42 bits per heavy atom. The molecule has 1 N–H and O–H groups in total. The number of fused-ring (bicyclic) bond motifs is 1. The summed E-state index contributed by atoms with van der Waals surface area (Å²) in [6, 6.07) is 20.3. The van der Waals surface area contributed by atoms with E-state index in [1.54, 1.807) is 27.0 Å². The number of methoxy groups -OCH3 is 1. The molecule has 5 rings (SSSR count). The number of nitrogens with zero attached hydrogens (tertiary/aromatic N) is 1. The largest absolute Gasteiger partial charge is 0.493 e. The lowest BCUT2D eigenvalue weighted by atomic mass is 9.90. The van der Waals surface area contributed by atoms with Crippen LogP contribution in [0.15, 0.2) is 65.2 Å². The fraction of sp³-hybridized carbons (Fsp3) is 0.364. The number of hydrogen-bond donors (Lipinski definition) is 1. The monoisotopic (exact) mass is 543 g/mol. The molecule has 40 heavy (non-hydrogen) atoms. The van der Waals surface area contributed by atoms with E-state index >= 15 is 0 Å². The van der Waals surface area contributed by atoms with Crippen LogP contribution in [0.2, 0.25) is 0 Å². The molecule has 3 aromatic carbocycles. The first-order valence-electron chi connectivity index (χ1n) is 13.7. The average Bonchev–Trinajstić information content (AvgIpc) is 3.55. The van der Waals surface area contributed by atoms with Gasteiger partial charge in [-0.1, -0.05) is 18.2 Å². The van der Waals surface area contributed by atoms with Crippen LogP contribution in [0.4, 0.5) is 0 Å². The van der Waals surface area contributed by atoms with Gasteiger partial charge in [0.15, 0.2) is 12.6 Å². The molecule has 7 nitrogen and oxygen atoms in total. The van der Waals surface area contributed by atoms with Gasteiger partial charge in [0, 0.05) is 25.2 Å². The van der Waals surface area contributed by atoms with E-state index in [9.17, 15) is 5.11 Å². The van der Waals surface area contributed by atoms with E-state index in [4.69, 9.17) is 23.5 Å². The van der Waals surface area contributed by atoms with E-state index in [1.165, 1.54) is 33.4 Å². The van der Waals surface area contributed by atoms with Gasteiger partial charge in [-0.25, -0.2) is 0 Å². The number of aliphatic hydroxyl groups is 1. The Hall–Kier alpha value is -3.81. The molecule has 210 valence electrons. The lowest BCUT2D eigenvalue weighted by molar-refractivity contribution is 0.0453. The van der Waals surface area contributed by atoms with Gasteiger partial charge in [-0.15, -0.1) is 0 Å². The summed E-state index contributed by atoms with van der Waals surface area (Å²) in [6.07, 6.45) is 2.45. The predicted octanol–water partition coefficient (Wildman–Crippen LogP) is 7.21. The summed E-state index contributed by atoms with van der Waals surface area (Å²) in [5.41, 5.74) is 7.59. The van der Waals surface area contributed by atoms with Gasteiger partial charge in [0.1, 0.15) is 17.6 Å². The van der Waals surface area contributed by atoms with Gasteiger partial charge in [-0.2, -0.15) is 0 Å². The molecule has 1 aromatic heterocycles. The molecule has 0 bridgehead atoms. The lowest BCUT2D eigenvalue weighted by Crippen LogP contribution is -2.21. The first kappa shape index (κ1) is 27.7. The zero-order valence-electron chi connectivity index (χ0n) is 23.8. The van der Waals surface area contributed by atoms with Gasteiger partial charge in [-0.3, -0.25) is 0 Å². The zero-order valence-corrected chi connectivity index (χ0v) is 23.8. The van der Waals surface area contributed by atoms with Crippen LogP contribution in [-0.4, -0.2) is 36.4 Å². The van der Waals surface area contributed by atoms with Crippen molar-refractivity contribution in [3.8, 4) is 39.8 Å². The summed E-state index contributed by atoms with van der Waals surface area (Å²) >= 11 is 0. The fourth-order valence-electron chi connectivity index (χ4n) is 5.27. The van der Waals surface area contributed by atoms with Crippen LogP contribution in [0.25, 0.3) is 22.5 Å². The summed E-state index contributed by atoms with van der Waals surface area (Å²) in [7, 11) is 1.56. The van der Waals surface area contributed by atoms with Crippen molar-refractivity contribution < 1.29 is 28.6 Å². The molecule has 0 aliphatic heterocycles. The minimum atomic E-state index is -0.740. The zero-order chi connectivity index (χ0) is 28.3. The quantitative estimate of drug-likeness (QED) is 0.200. The lowest BCUT2D eigenvalue weighted by Gasteiger charge is -2.19. The second kappa shape index (κ2) is 11.7. The highest BCUT2D eigenvalue weighted by atomic mass is 16.7. The molecule has 0 fully saturated rings. The van der Waals surface area contributed by atoms with Crippen molar-refractivity contribution >= 4 is 0 Å². The van der Waals surface area contributed by atoms with Crippen LogP contribution in [0.3, 0.4) is 0 Å². The first-order valence-corrected chi connectivity index (χ1v) is 13.7. The Morgan fingerprint density at radius 1 is 0.975 bits per heavy atom. The summed E-state index contributed by atoms with van der Waals surface area (Å²) in [5, 5.41) is 13.9. The van der Waals surface area contributed by atoms with Crippen molar-refractivity contribution in [1.82, 2.24) is 5.16 Å². The maximum absolute atomic E-state index is 9.98. The average molecular weight is 544 g/mol. The van der Waals surface area contributed by atoms with Gasteiger partial charge in [-0.05, 0) is 115 Å². The summed E-state index contributed by atoms with van der Waals surface area (Å²) < 4.78 is 28.0. The second-order valence-corrected chi connectivity index (χ2v) is 11.0. The molecule has 1 atom stereocenters. The third-order valence-electron chi connectivity index (χ3n) is 7.20. The van der Waals surface area contributed by atoms with Crippen molar-refractivity contribution in [1.29, 1.82) is 0 Å².